The van der Waals surface area contributed by atoms with E-state index in [2.05, 4.69) is 121 Å². The first-order valence-electron chi connectivity index (χ1n) is 13.3. The first kappa shape index (κ1) is 23.4. The molecule has 7 rings (SSSR count). The van der Waals surface area contributed by atoms with Crippen LogP contribution in [0, 0.1) is 6.92 Å². The number of phenols is 1. The fourth-order valence-corrected chi connectivity index (χ4v) is 6.75. The summed E-state index contributed by atoms with van der Waals surface area (Å²) in [6, 6.07) is 42.4. The molecule has 1 aliphatic rings. The van der Waals surface area contributed by atoms with Crippen molar-refractivity contribution >= 4 is 10.9 Å². The summed E-state index contributed by atoms with van der Waals surface area (Å²) in [6.07, 6.45) is 0. The molecule has 0 amide bonds. The van der Waals surface area contributed by atoms with E-state index in [4.69, 9.17) is 4.74 Å². The van der Waals surface area contributed by atoms with Crippen LogP contribution in [0.5, 0.6) is 11.5 Å². The molecule has 0 aliphatic heterocycles. The Hall–Kier alpha value is -4.76. The Morgan fingerprint density at radius 3 is 2.08 bits per heavy atom. The van der Waals surface area contributed by atoms with Crippen molar-refractivity contribution in [2.45, 2.75) is 18.3 Å². The Morgan fingerprint density at radius 2 is 1.41 bits per heavy atom. The van der Waals surface area contributed by atoms with Crippen LogP contribution in [0.15, 0.2) is 121 Å². The van der Waals surface area contributed by atoms with E-state index < -0.39 is 5.41 Å². The third-order valence-corrected chi connectivity index (χ3v) is 8.33. The van der Waals surface area contributed by atoms with E-state index >= 15 is 0 Å². The van der Waals surface area contributed by atoms with Crippen LogP contribution in [0.25, 0.3) is 10.9 Å². The molecule has 6 aromatic rings. The van der Waals surface area contributed by atoms with Crippen molar-refractivity contribution < 1.29 is 9.84 Å². The Balaban J connectivity index is 1.68. The number of methoxy groups -OCH3 is 1. The number of nitrogens with one attached hydrogen (secondary N) is 1. The maximum atomic E-state index is 10.9. The van der Waals surface area contributed by atoms with Gasteiger partial charge in [-0.2, -0.15) is 0 Å². The number of hydrogen-bond acceptors (Lipinski definition) is 2. The third-order valence-electron chi connectivity index (χ3n) is 8.33. The second-order valence-electron chi connectivity index (χ2n) is 10.4. The van der Waals surface area contributed by atoms with Gasteiger partial charge in [-0.25, -0.2) is 0 Å². The van der Waals surface area contributed by atoms with Gasteiger partial charge >= 0.3 is 0 Å². The van der Waals surface area contributed by atoms with E-state index in [0.717, 1.165) is 33.7 Å². The maximum Gasteiger partial charge on any atom is 0.121 e. The van der Waals surface area contributed by atoms with E-state index in [1.165, 1.54) is 27.6 Å². The fourth-order valence-electron chi connectivity index (χ4n) is 6.75. The van der Waals surface area contributed by atoms with Crippen molar-refractivity contribution in [2.75, 3.05) is 7.11 Å². The molecule has 39 heavy (non-hydrogen) atoms. The smallest absolute Gasteiger partial charge is 0.121 e. The molecule has 190 valence electrons. The molecule has 2 N–H and O–H groups in total. The van der Waals surface area contributed by atoms with E-state index in [0.29, 0.717) is 0 Å². The summed E-state index contributed by atoms with van der Waals surface area (Å²) < 4.78 is 5.60. The van der Waals surface area contributed by atoms with Gasteiger partial charge < -0.3 is 14.8 Å². The van der Waals surface area contributed by atoms with Crippen LogP contribution in [0.4, 0.5) is 0 Å². The van der Waals surface area contributed by atoms with Gasteiger partial charge in [0.2, 0.25) is 0 Å². The molecular formula is C36H29NO2. The zero-order valence-corrected chi connectivity index (χ0v) is 22.0. The number of fused-ring (bicyclic) bond motifs is 4. The number of ether oxygens (including phenoxy) is 1. The van der Waals surface area contributed by atoms with Crippen LogP contribution in [0.2, 0.25) is 0 Å². The number of phenolic OH excluding ortho intramolecular Hbond substituents is 1. The van der Waals surface area contributed by atoms with Crippen LogP contribution in [-0.4, -0.2) is 17.2 Å². The molecule has 0 saturated heterocycles. The van der Waals surface area contributed by atoms with Gasteiger partial charge in [-0.1, -0.05) is 97.1 Å². The van der Waals surface area contributed by atoms with Gasteiger partial charge in [0, 0.05) is 22.5 Å². The minimum absolute atomic E-state index is 0.0802. The molecule has 1 heterocycles. The molecule has 1 atom stereocenters. The van der Waals surface area contributed by atoms with Crippen molar-refractivity contribution in [3.05, 3.63) is 166 Å². The Morgan fingerprint density at radius 1 is 0.744 bits per heavy atom. The van der Waals surface area contributed by atoms with E-state index in [1.807, 2.05) is 12.1 Å². The lowest BCUT2D eigenvalue weighted by atomic mass is 9.58. The molecule has 0 spiro atoms. The van der Waals surface area contributed by atoms with E-state index in [-0.39, 0.29) is 11.7 Å². The summed E-state index contributed by atoms with van der Waals surface area (Å²) in [4.78, 5) is 3.91. The molecule has 1 aromatic heterocycles. The number of aromatic hydroxyl groups is 1. The topological polar surface area (TPSA) is 45.2 Å². The van der Waals surface area contributed by atoms with Crippen LogP contribution in [0.1, 0.15) is 50.6 Å². The number of para-hydroxylation sites is 1. The summed E-state index contributed by atoms with van der Waals surface area (Å²) in [5, 5.41) is 12.1. The van der Waals surface area contributed by atoms with Crippen molar-refractivity contribution in [1.29, 1.82) is 0 Å². The molecule has 0 bridgehead atoms. The van der Waals surface area contributed by atoms with Gasteiger partial charge in [-0.3, -0.25) is 0 Å². The van der Waals surface area contributed by atoms with Gasteiger partial charge in [0.15, 0.2) is 0 Å². The lowest BCUT2D eigenvalue weighted by Gasteiger charge is -2.43. The zero-order valence-electron chi connectivity index (χ0n) is 22.0. The molecule has 0 fully saturated rings. The quantitative estimate of drug-likeness (QED) is 0.253. The van der Waals surface area contributed by atoms with Crippen molar-refractivity contribution in [1.82, 2.24) is 4.98 Å². The summed E-state index contributed by atoms with van der Waals surface area (Å²) in [6.45, 7) is 2.09. The summed E-state index contributed by atoms with van der Waals surface area (Å²) in [5.41, 5.74) is 9.78. The number of aryl methyl sites for hydroxylation is 1. The Labute approximate surface area is 228 Å². The van der Waals surface area contributed by atoms with Crippen LogP contribution in [0.3, 0.4) is 0 Å². The maximum absolute atomic E-state index is 10.9. The van der Waals surface area contributed by atoms with Crippen molar-refractivity contribution in [3.8, 4) is 11.5 Å². The lowest BCUT2D eigenvalue weighted by Crippen LogP contribution is -2.37. The van der Waals surface area contributed by atoms with Crippen molar-refractivity contribution in [3.63, 3.8) is 0 Å². The predicted octanol–water partition coefficient (Wildman–Crippen LogP) is 8.07. The van der Waals surface area contributed by atoms with Crippen LogP contribution >= 0.6 is 0 Å². The van der Waals surface area contributed by atoms with E-state index in [9.17, 15) is 5.11 Å². The highest BCUT2D eigenvalue weighted by Gasteiger charge is 2.49. The molecule has 5 aromatic carbocycles. The Bertz CT molecular complexity index is 1780. The second-order valence-corrected chi connectivity index (χ2v) is 10.4. The molecule has 1 aliphatic carbocycles. The average Bonchev–Trinajstić information content (AvgIpc) is 3.36. The van der Waals surface area contributed by atoms with Gasteiger partial charge in [0.05, 0.1) is 12.5 Å². The number of H-pyrrole nitrogens is 1. The van der Waals surface area contributed by atoms with Gasteiger partial charge in [-0.15, -0.1) is 0 Å². The molecule has 3 heteroatoms. The number of aromatic amines is 1. The van der Waals surface area contributed by atoms with Crippen LogP contribution in [-0.2, 0) is 5.41 Å². The summed E-state index contributed by atoms with van der Waals surface area (Å²) >= 11 is 0. The van der Waals surface area contributed by atoms with Crippen LogP contribution < -0.4 is 4.74 Å². The minimum atomic E-state index is -0.599. The number of hydrogen-bond donors (Lipinski definition) is 2. The van der Waals surface area contributed by atoms with Gasteiger partial charge in [0.25, 0.3) is 0 Å². The molecule has 3 nitrogen and oxygen atoms in total. The summed E-state index contributed by atoms with van der Waals surface area (Å²) in [7, 11) is 1.71. The highest BCUT2D eigenvalue weighted by Crippen LogP contribution is 2.57. The van der Waals surface area contributed by atoms with Gasteiger partial charge in [-0.05, 0) is 70.1 Å². The number of benzene rings is 5. The van der Waals surface area contributed by atoms with Crippen molar-refractivity contribution in [2.24, 2.45) is 0 Å². The highest BCUT2D eigenvalue weighted by atomic mass is 16.5. The van der Waals surface area contributed by atoms with E-state index in [1.54, 1.807) is 7.11 Å². The summed E-state index contributed by atoms with van der Waals surface area (Å²) in [5.74, 6) is 1.05. The number of rotatable bonds is 4. The average molecular weight is 508 g/mol. The fraction of sp³-hybridized carbons (Fsp3) is 0.111. The number of aromatic nitrogens is 1. The lowest BCUT2D eigenvalue weighted by molar-refractivity contribution is 0.411. The highest BCUT2D eigenvalue weighted by molar-refractivity contribution is 5.90. The molecular weight excluding hydrogens is 478 g/mol. The Kier molecular flexibility index (Phi) is 5.34. The van der Waals surface area contributed by atoms with Gasteiger partial charge in [0.1, 0.15) is 11.5 Å². The zero-order chi connectivity index (χ0) is 26.6. The first-order chi connectivity index (χ1) is 19.1. The standard InChI is InChI=1S/C36H29NO2/c1-23-21-24(17-20-32(23)39-2)33-29-22-27(38)18-19-30(29)36(25-11-5-3-6-12-25,26-13-7-4-8-14-26)35-34(33)28-15-9-10-16-31(28)37-35/h3-22,33,37-38H,1-2H3. The molecule has 0 radical (unpaired) electrons. The predicted molar refractivity (Wildman–Crippen MR) is 157 cm³/mol. The monoisotopic (exact) mass is 507 g/mol. The first-order valence-corrected chi connectivity index (χ1v) is 13.3. The normalized spacial score (nSPS) is 15.5. The second kappa shape index (κ2) is 8.92. The molecule has 0 saturated carbocycles. The third kappa shape index (κ3) is 3.36. The SMILES string of the molecule is COc1ccc(C2c3cc(O)ccc3C(c3ccccc3)(c3ccccc3)c3[nH]c4ccccc4c32)cc1C. The molecule has 1 unspecified atom stereocenters. The largest absolute Gasteiger partial charge is 0.508 e. The minimum Gasteiger partial charge on any atom is -0.508 e.